The highest BCUT2D eigenvalue weighted by atomic mass is 32.2. The third kappa shape index (κ3) is 7.79. The van der Waals surface area contributed by atoms with Gasteiger partial charge in [-0.15, -0.1) is 0 Å². The molecule has 0 aliphatic heterocycles. The molecule has 1 unspecified atom stereocenters. The van der Waals surface area contributed by atoms with Crippen LogP contribution in [0.25, 0.3) is 0 Å². The fraction of sp³-hybridized carbons (Fsp3) is 0.318. The molecule has 160 valence electrons. The molecule has 7 nitrogen and oxygen atoms in total. The van der Waals surface area contributed by atoms with Crippen LogP contribution in [0.15, 0.2) is 54.6 Å². The molecular weight excluding hydrogens is 402 g/mol. The van der Waals surface area contributed by atoms with E-state index in [1.807, 2.05) is 31.4 Å². The van der Waals surface area contributed by atoms with Gasteiger partial charge < -0.3 is 20.7 Å². The topological polar surface area (TPSA) is 96.5 Å². The average molecular weight is 430 g/mol. The Hall–Kier alpha value is -3.00. The van der Waals surface area contributed by atoms with Crippen molar-refractivity contribution in [3.63, 3.8) is 0 Å². The zero-order valence-electron chi connectivity index (χ0n) is 17.1. The summed E-state index contributed by atoms with van der Waals surface area (Å²) in [6.07, 6.45) is 2.41. The minimum absolute atomic E-state index is 0.181. The molecule has 0 heterocycles. The van der Waals surface area contributed by atoms with Gasteiger partial charge in [0.2, 0.25) is 5.91 Å². The lowest BCUT2D eigenvalue weighted by Crippen LogP contribution is -2.45. The van der Waals surface area contributed by atoms with E-state index in [1.165, 1.54) is 0 Å². The lowest BCUT2D eigenvalue weighted by Gasteiger charge is -2.18. The van der Waals surface area contributed by atoms with Crippen LogP contribution in [0.2, 0.25) is 0 Å². The minimum Gasteiger partial charge on any atom is -0.484 e. The standard InChI is InChI=1S/C22H27N3O4S/c1-3-23-21(27)16-8-7-9-17(14-16)24-22(28)19(12-13-30-2)25-20(26)15-29-18-10-5-4-6-11-18/h4-11,14,19H,3,12-13,15H2,1-2H3,(H,23,27)(H,24,28)(H,25,26). The Morgan fingerprint density at radius 3 is 2.53 bits per heavy atom. The van der Waals surface area contributed by atoms with Crippen molar-refractivity contribution < 1.29 is 19.1 Å². The number of anilines is 1. The van der Waals surface area contributed by atoms with Gasteiger partial charge in [0.15, 0.2) is 6.61 Å². The van der Waals surface area contributed by atoms with Crippen LogP contribution in [0.3, 0.4) is 0 Å². The Morgan fingerprint density at radius 1 is 1.07 bits per heavy atom. The first-order chi connectivity index (χ1) is 14.5. The van der Waals surface area contributed by atoms with Gasteiger partial charge in [0.05, 0.1) is 0 Å². The van der Waals surface area contributed by atoms with Crippen LogP contribution in [0.5, 0.6) is 5.75 Å². The third-order valence-corrected chi connectivity index (χ3v) is 4.75. The van der Waals surface area contributed by atoms with E-state index in [2.05, 4.69) is 16.0 Å². The number of rotatable bonds is 11. The summed E-state index contributed by atoms with van der Waals surface area (Å²) in [6, 6.07) is 15.0. The van der Waals surface area contributed by atoms with Gasteiger partial charge in [-0.05, 0) is 55.7 Å². The van der Waals surface area contributed by atoms with E-state index in [4.69, 9.17) is 4.74 Å². The number of thioether (sulfide) groups is 1. The van der Waals surface area contributed by atoms with Crippen molar-refractivity contribution in [2.24, 2.45) is 0 Å². The second-order valence-electron chi connectivity index (χ2n) is 6.43. The van der Waals surface area contributed by atoms with Gasteiger partial charge in [-0.3, -0.25) is 14.4 Å². The molecule has 2 rings (SSSR count). The largest absolute Gasteiger partial charge is 0.484 e. The summed E-state index contributed by atoms with van der Waals surface area (Å²) < 4.78 is 5.44. The van der Waals surface area contributed by atoms with Crippen LogP contribution in [-0.4, -0.2) is 48.9 Å². The summed E-state index contributed by atoms with van der Waals surface area (Å²) in [4.78, 5) is 37.0. The fourth-order valence-electron chi connectivity index (χ4n) is 2.64. The van der Waals surface area contributed by atoms with E-state index in [1.54, 1.807) is 48.2 Å². The number of hydrogen-bond donors (Lipinski definition) is 3. The van der Waals surface area contributed by atoms with Gasteiger partial charge >= 0.3 is 0 Å². The van der Waals surface area contributed by atoms with Crippen molar-refractivity contribution in [1.29, 1.82) is 0 Å². The molecular formula is C22H27N3O4S. The molecule has 0 spiro atoms. The van der Waals surface area contributed by atoms with Crippen molar-refractivity contribution in [3.8, 4) is 5.75 Å². The zero-order chi connectivity index (χ0) is 21.8. The van der Waals surface area contributed by atoms with Crippen LogP contribution < -0.4 is 20.7 Å². The molecule has 3 amide bonds. The number of nitrogens with one attached hydrogen (secondary N) is 3. The number of amides is 3. The molecule has 3 N–H and O–H groups in total. The molecule has 8 heteroatoms. The van der Waals surface area contributed by atoms with Gasteiger partial charge in [-0.25, -0.2) is 0 Å². The van der Waals surface area contributed by atoms with E-state index in [9.17, 15) is 14.4 Å². The lowest BCUT2D eigenvalue weighted by atomic mass is 10.1. The predicted molar refractivity (Wildman–Crippen MR) is 120 cm³/mol. The van der Waals surface area contributed by atoms with Gasteiger partial charge in [0.25, 0.3) is 11.8 Å². The molecule has 1 atom stereocenters. The van der Waals surface area contributed by atoms with E-state index in [0.29, 0.717) is 35.7 Å². The van der Waals surface area contributed by atoms with E-state index in [-0.39, 0.29) is 24.3 Å². The predicted octanol–water partition coefficient (Wildman–Crippen LogP) is 2.69. The lowest BCUT2D eigenvalue weighted by molar-refractivity contribution is -0.127. The SMILES string of the molecule is CCNC(=O)c1cccc(NC(=O)C(CCSC)NC(=O)COc2ccccc2)c1. The molecule has 30 heavy (non-hydrogen) atoms. The highest BCUT2D eigenvalue weighted by Crippen LogP contribution is 2.13. The first kappa shape index (κ1) is 23.3. The van der Waals surface area contributed by atoms with Crippen LogP contribution in [0.4, 0.5) is 5.69 Å². The summed E-state index contributed by atoms with van der Waals surface area (Å²) in [5, 5.41) is 8.24. The number of para-hydroxylation sites is 1. The van der Waals surface area contributed by atoms with Crippen LogP contribution in [0.1, 0.15) is 23.7 Å². The van der Waals surface area contributed by atoms with Crippen LogP contribution in [0, 0.1) is 0 Å². The van der Waals surface area contributed by atoms with Gasteiger partial charge in [-0.2, -0.15) is 11.8 Å². The first-order valence-electron chi connectivity index (χ1n) is 9.68. The monoisotopic (exact) mass is 429 g/mol. The number of hydrogen-bond acceptors (Lipinski definition) is 5. The normalized spacial score (nSPS) is 11.3. The average Bonchev–Trinajstić information content (AvgIpc) is 2.76. The first-order valence-corrected chi connectivity index (χ1v) is 11.1. The van der Waals surface area contributed by atoms with E-state index < -0.39 is 6.04 Å². The van der Waals surface area contributed by atoms with Crippen molar-refractivity contribution in [1.82, 2.24) is 10.6 Å². The van der Waals surface area contributed by atoms with Gasteiger partial charge in [0.1, 0.15) is 11.8 Å². The number of carbonyl (C=O) groups excluding carboxylic acids is 3. The van der Waals surface area contributed by atoms with Crippen molar-refractivity contribution in [2.45, 2.75) is 19.4 Å². The number of ether oxygens (including phenoxy) is 1. The van der Waals surface area contributed by atoms with Crippen molar-refractivity contribution in [2.75, 3.05) is 30.5 Å². The van der Waals surface area contributed by atoms with E-state index >= 15 is 0 Å². The molecule has 0 aliphatic carbocycles. The fourth-order valence-corrected chi connectivity index (χ4v) is 3.11. The molecule has 0 fully saturated rings. The summed E-state index contributed by atoms with van der Waals surface area (Å²) >= 11 is 1.59. The van der Waals surface area contributed by atoms with E-state index in [0.717, 1.165) is 0 Å². The second kappa shape index (κ2) is 12.5. The van der Waals surface area contributed by atoms with Crippen molar-refractivity contribution in [3.05, 3.63) is 60.2 Å². The van der Waals surface area contributed by atoms with Crippen molar-refractivity contribution >= 4 is 35.2 Å². The highest BCUT2D eigenvalue weighted by Gasteiger charge is 2.21. The van der Waals surface area contributed by atoms with Crippen LogP contribution in [-0.2, 0) is 9.59 Å². The molecule has 0 bridgehead atoms. The Kier molecular flexibility index (Phi) is 9.73. The summed E-state index contributed by atoms with van der Waals surface area (Å²) in [6.45, 7) is 2.17. The smallest absolute Gasteiger partial charge is 0.258 e. The maximum Gasteiger partial charge on any atom is 0.258 e. The number of carbonyl (C=O) groups is 3. The zero-order valence-corrected chi connectivity index (χ0v) is 18.0. The second-order valence-corrected chi connectivity index (χ2v) is 7.42. The molecule has 0 aliphatic rings. The Balaban J connectivity index is 1.98. The molecule has 0 aromatic heterocycles. The number of benzene rings is 2. The maximum absolute atomic E-state index is 12.8. The van der Waals surface area contributed by atoms with Crippen LogP contribution >= 0.6 is 11.8 Å². The summed E-state index contributed by atoms with van der Waals surface area (Å²) in [5.74, 6) is 0.358. The summed E-state index contributed by atoms with van der Waals surface area (Å²) in [7, 11) is 0. The highest BCUT2D eigenvalue weighted by molar-refractivity contribution is 7.98. The third-order valence-electron chi connectivity index (χ3n) is 4.11. The molecule has 2 aromatic carbocycles. The quantitative estimate of drug-likeness (QED) is 0.510. The van der Waals surface area contributed by atoms with Gasteiger partial charge in [-0.1, -0.05) is 24.3 Å². The summed E-state index contributed by atoms with van der Waals surface area (Å²) in [5.41, 5.74) is 0.947. The molecule has 0 saturated carbocycles. The molecule has 0 radical (unpaired) electrons. The molecule has 2 aromatic rings. The Bertz CT molecular complexity index is 845. The Morgan fingerprint density at radius 2 is 1.83 bits per heavy atom. The minimum atomic E-state index is -0.711. The van der Waals surface area contributed by atoms with Gasteiger partial charge in [0, 0.05) is 17.8 Å². The maximum atomic E-state index is 12.8. The Labute approximate surface area is 181 Å². The molecule has 0 saturated heterocycles.